The lowest BCUT2D eigenvalue weighted by Gasteiger charge is -2.36. The van der Waals surface area contributed by atoms with E-state index in [9.17, 15) is 8.78 Å². The molecular formula is C22H34F2N6OS. The summed E-state index contributed by atoms with van der Waals surface area (Å²) >= 11 is 1.26. The summed E-state index contributed by atoms with van der Waals surface area (Å²) in [6.45, 7) is 10.5. The first kappa shape index (κ1) is 26.1. The molecule has 178 valence electrons. The summed E-state index contributed by atoms with van der Waals surface area (Å²) in [7, 11) is 0. The number of halogens is 2. The standard InChI is InChI=1S/C18H22F2N6OS.2C2H6/c19-18(20)16-17(28-11-22-16)13(9-21)25-6-2-12(3-7-25)10-27-15-4-8-26-14(24-15)1-5-23-26;2*1-2/h1,4-5,8,11-13,18H,2-3,6-7,9-10,21H2;2*1-2H3. The van der Waals surface area contributed by atoms with Gasteiger partial charge in [0.2, 0.25) is 5.88 Å². The second kappa shape index (κ2) is 13.4. The SMILES string of the molecule is CC.CC.NCC(c1scnc1C(F)F)N1CCC(COc2ccn3nccc3n2)CC1. The Bertz CT molecular complexity index is 911. The van der Waals surface area contributed by atoms with E-state index in [0.717, 1.165) is 31.6 Å². The van der Waals surface area contributed by atoms with Crippen molar-refractivity contribution in [1.82, 2.24) is 24.5 Å². The van der Waals surface area contributed by atoms with Crippen LogP contribution in [0.3, 0.4) is 0 Å². The third kappa shape index (κ3) is 6.43. The molecule has 1 fully saturated rings. The molecule has 4 heterocycles. The van der Waals surface area contributed by atoms with Crippen molar-refractivity contribution in [3.8, 4) is 5.88 Å². The molecule has 1 aliphatic heterocycles. The van der Waals surface area contributed by atoms with Gasteiger partial charge in [0.25, 0.3) is 6.43 Å². The minimum absolute atomic E-state index is 0.132. The van der Waals surface area contributed by atoms with Gasteiger partial charge in [0.1, 0.15) is 5.69 Å². The maximum atomic E-state index is 13.2. The van der Waals surface area contributed by atoms with Gasteiger partial charge in [0.15, 0.2) is 5.65 Å². The van der Waals surface area contributed by atoms with E-state index in [1.165, 1.54) is 16.8 Å². The quantitative estimate of drug-likeness (QED) is 0.527. The molecule has 10 heteroatoms. The number of aromatic nitrogens is 4. The summed E-state index contributed by atoms with van der Waals surface area (Å²) in [6, 6.07) is 3.42. The molecule has 0 aromatic carbocycles. The zero-order valence-corrected chi connectivity index (χ0v) is 20.1. The number of piperidine rings is 1. The van der Waals surface area contributed by atoms with E-state index in [1.54, 1.807) is 16.8 Å². The fraction of sp³-hybridized carbons (Fsp3) is 0.591. The molecular weight excluding hydrogens is 434 g/mol. The van der Waals surface area contributed by atoms with E-state index >= 15 is 0 Å². The number of hydrogen-bond donors (Lipinski definition) is 1. The maximum absolute atomic E-state index is 13.2. The van der Waals surface area contributed by atoms with Crippen molar-refractivity contribution in [3.05, 3.63) is 40.6 Å². The highest BCUT2D eigenvalue weighted by atomic mass is 32.1. The highest BCUT2D eigenvalue weighted by Gasteiger charge is 2.30. The van der Waals surface area contributed by atoms with Crippen molar-refractivity contribution < 1.29 is 13.5 Å². The molecule has 1 aliphatic rings. The number of nitrogens with zero attached hydrogens (tertiary/aromatic N) is 5. The van der Waals surface area contributed by atoms with E-state index in [-0.39, 0.29) is 11.7 Å². The summed E-state index contributed by atoms with van der Waals surface area (Å²) in [6.07, 6.45) is 2.80. The number of rotatable bonds is 7. The average Bonchev–Trinajstić information content (AvgIpc) is 3.51. The molecule has 3 aromatic heterocycles. The van der Waals surface area contributed by atoms with Crippen LogP contribution in [0.15, 0.2) is 30.0 Å². The van der Waals surface area contributed by atoms with Crippen LogP contribution in [0, 0.1) is 5.92 Å². The van der Waals surface area contributed by atoms with Crippen LogP contribution in [0.4, 0.5) is 8.78 Å². The number of alkyl halides is 2. The van der Waals surface area contributed by atoms with Crippen LogP contribution >= 0.6 is 11.3 Å². The van der Waals surface area contributed by atoms with Gasteiger partial charge >= 0.3 is 0 Å². The summed E-state index contributed by atoms with van der Waals surface area (Å²) in [5.41, 5.74) is 8.01. The first-order chi connectivity index (χ1) is 15.7. The third-order valence-corrected chi connectivity index (χ3v) is 6.09. The Morgan fingerprint density at radius 2 is 1.91 bits per heavy atom. The van der Waals surface area contributed by atoms with Crippen molar-refractivity contribution in [1.29, 1.82) is 0 Å². The second-order valence-electron chi connectivity index (χ2n) is 6.84. The zero-order chi connectivity index (χ0) is 23.5. The van der Waals surface area contributed by atoms with Gasteiger partial charge in [-0.2, -0.15) is 10.1 Å². The molecule has 0 amide bonds. The van der Waals surface area contributed by atoms with Crippen molar-refractivity contribution in [3.63, 3.8) is 0 Å². The van der Waals surface area contributed by atoms with Crippen LogP contribution in [0.2, 0.25) is 0 Å². The first-order valence-corrected chi connectivity index (χ1v) is 12.1. The van der Waals surface area contributed by atoms with Gasteiger partial charge in [-0.15, -0.1) is 11.3 Å². The number of fused-ring (bicyclic) bond motifs is 1. The van der Waals surface area contributed by atoms with Crippen molar-refractivity contribution in [2.75, 3.05) is 26.2 Å². The minimum Gasteiger partial charge on any atom is -0.477 e. The predicted octanol–water partition coefficient (Wildman–Crippen LogP) is 4.97. The molecule has 1 unspecified atom stereocenters. The van der Waals surface area contributed by atoms with Crippen LogP contribution in [-0.2, 0) is 0 Å². The van der Waals surface area contributed by atoms with Crippen LogP contribution in [0.1, 0.15) is 63.6 Å². The molecule has 1 atom stereocenters. The molecule has 0 bridgehead atoms. The van der Waals surface area contributed by atoms with Crippen LogP contribution in [0.25, 0.3) is 5.65 Å². The van der Waals surface area contributed by atoms with Crippen LogP contribution < -0.4 is 10.5 Å². The smallest absolute Gasteiger partial charge is 0.281 e. The van der Waals surface area contributed by atoms with Gasteiger partial charge in [0, 0.05) is 24.9 Å². The molecule has 4 rings (SSSR count). The molecule has 2 N–H and O–H groups in total. The van der Waals surface area contributed by atoms with E-state index in [2.05, 4.69) is 20.0 Å². The monoisotopic (exact) mass is 468 g/mol. The molecule has 0 spiro atoms. The van der Waals surface area contributed by atoms with Gasteiger partial charge in [0.05, 0.1) is 29.2 Å². The molecule has 7 nitrogen and oxygen atoms in total. The minimum atomic E-state index is -2.57. The highest BCUT2D eigenvalue weighted by Crippen LogP contribution is 2.34. The van der Waals surface area contributed by atoms with Gasteiger partial charge in [-0.1, -0.05) is 27.7 Å². The van der Waals surface area contributed by atoms with Crippen LogP contribution in [-0.4, -0.2) is 50.7 Å². The van der Waals surface area contributed by atoms with Gasteiger partial charge in [-0.3, -0.25) is 4.90 Å². The maximum Gasteiger partial charge on any atom is 0.281 e. The molecule has 0 aliphatic carbocycles. The summed E-state index contributed by atoms with van der Waals surface area (Å²) in [5, 5.41) is 4.11. The fourth-order valence-corrected chi connectivity index (χ4v) is 4.55. The topological polar surface area (TPSA) is 81.6 Å². The second-order valence-corrected chi connectivity index (χ2v) is 7.73. The Kier molecular flexibility index (Phi) is 10.9. The Morgan fingerprint density at radius 3 is 2.56 bits per heavy atom. The molecule has 0 saturated carbocycles. The van der Waals surface area contributed by atoms with E-state index < -0.39 is 6.43 Å². The zero-order valence-electron chi connectivity index (χ0n) is 19.2. The Labute approximate surface area is 192 Å². The van der Waals surface area contributed by atoms with Gasteiger partial charge in [-0.05, 0) is 31.8 Å². The number of hydrogen-bond acceptors (Lipinski definition) is 7. The summed E-state index contributed by atoms with van der Waals surface area (Å²) < 4.78 is 33.9. The van der Waals surface area contributed by atoms with Crippen molar-refractivity contribution in [2.24, 2.45) is 11.7 Å². The number of thiazole rings is 1. The van der Waals surface area contributed by atoms with Gasteiger partial charge in [-0.25, -0.2) is 18.3 Å². The summed E-state index contributed by atoms with van der Waals surface area (Å²) in [4.78, 5) is 11.0. The largest absolute Gasteiger partial charge is 0.477 e. The van der Waals surface area contributed by atoms with Crippen molar-refractivity contribution in [2.45, 2.75) is 53.0 Å². The molecule has 1 saturated heterocycles. The van der Waals surface area contributed by atoms with Crippen LogP contribution in [0.5, 0.6) is 5.88 Å². The first-order valence-electron chi connectivity index (χ1n) is 11.2. The highest BCUT2D eigenvalue weighted by molar-refractivity contribution is 7.09. The Balaban J connectivity index is 0.000000860. The van der Waals surface area contributed by atoms with E-state index in [0.29, 0.717) is 29.8 Å². The molecule has 0 radical (unpaired) electrons. The van der Waals surface area contributed by atoms with E-state index in [4.69, 9.17) is 10.5 Å². The lowest BCUT2D eigenvalue weighted by atomic mass is 9.96. The predicted molar refractivity (Wildman–Crippen MR) is 124 cm³/mol. The number of nitrogens with two attached hydrogens (primary N) is 1. The Morgan fingerprint density at radius 1 is 1.19 bits per heavy atom. The lowest BCUT2D eigenvalue weighted by Crippen LogP contribution is -2.41. The number of ether oxygens (including phenoxy) is 1. The van der Waals surface area contributed by atoms with E-state index in [1.807, 2.05) is 40.0 Å². The normalized spacial score (nSPS) is 15.6. The number of likely N-dealkylation sites (tertiary alicyclic amines) is 1. The van der Waals surface area contributed by atoms with Gasteiger partial charge < -0.3 is 10.5 Å². The Hall–Kier alpha value is -2.17. The average molecular weight is 469 g/mol. The summed E-state index contributed by atoms with van der Waals surface area (Å²) in [5.74, 6) is 0.982. The molecule has 3 aromatic rings. The third-order valence-electron chi connectivity index (χ3n) is 5.15. The molecule has 32 heavy (non-hydrogen) atoms. The lowest BCUT2D eigenvalue weighted by molar-refractivity contribution is 0.104. The fourth-order valence-electron chi connectivity index (χ4n) is 3.61. The van der Waals surface area contributed by atoms with Crippen molar-refractivity contribution >= 4 is 17.0 Å².